The van der Waals surface area contributed by atoms with E-state index in [4.69, 9.17) is 0 Å². The fourth-order valence-electron chi connectivity index (χ4n) is 10.3. The lowest BCUT2D eigenvalue weighted by molar-refractivity contribution is 0.346. The highest BCUT2D eigenvalue weighted by atomic mass is 28.3. The van der Waals surface area contributed by atoms with Gasteiger partial charge in [-0.2, -0.15) is 0 Å². The molecule has 0 bridgehead atoms. The van der Waals surface area contributed by atoms with Crippen molar-refractivity contribution in [1.82, 2.24) is 0 Å². The first kappa shape index (κ1) is 37.9. The molecule has 2 nitrogen and oxygen atoms in total. The van der Waals surface area contributed by atoms with Crippen molar-refractivity contribution in [2.45, 2.75) is 107 Å². The summed E-state index contributed by atoms with van der Waals surface area (Å²) in [6, 6.07) is 60.3. The van der Waals surface area contributed by atoms with E-state index in [9.17, 15) is 0 Å². The molecule has 0 amide bonds. The SMILES string of the molecule is C[Si](C)(c1ccc(N(c2ccccc2)c2ccc(C3(c4ccc(N(c5ccccc5)c5ccc([Si](C)(C)C6CC6)cc5)cc4)CCCCC3)cc2)cc1)C1CCC1. The van der Waals surface area contributed by atoms with Gasteiger partial charge < -0.3 is 9.80 Å². The maximum Gasteiger partial charge on any atom is 0.0836 e. The Morgan fingerprint density at radius 2 is 0.702 bits per heavy atom. The first-order valence-corrected chi connectivity index (χ1v) is 28.0. The number of para-hydroxylation sites is 2. The smallest absolute Gasteiger partial charge is 0.0836 e. The van der Waals surface area contributed by atoms with Crippen molar-refractivity contribution in [2.75, 3.05) is 9.80 Å². The summed E-state index contributed by atoms with van der Waals surface area (Å²) in [6.45, 7) is 10.3. The molecule has 3 fully saturated rings. The van der Waals surface area contributed by atoms with Crippen LogP contribution < -0.4 is 20.2 Å². The topological polar surface area (TPSA) is 6.48 Å². The van der Waals surface area contributed by atoms with Crippen LogP contribution in [0.5, 0.6) is 0 Å². The van der Waals surface area contributed by atoms with Gasteiger partial charge in [-0.05, 0) is 108 Å². The Balaban J connectivity index is 1.03. The fraction of sp³-hybridized carbons (Fsp3) is 0.321. The molecule has 6 aromatic rings. The third-order valence-electron chi connectivity index (χ3n) is 14.6. The van der Waals surface area contributed by atoms with Gasteiger partial charge in [0.1, 0.15) is 0 Å². The second-order valence-corrected chi connectivity index (χ2v) is 28.2. The Bertz CT molecular complexity index is 2230. The van der Waals surface area contributed by atoms with Crippen molar-refractivity contribution in [2.24, 2.45) is 0 Å². The van der Waals surface area contributed by atoms with Crippen LogP contribution in [0.1, 0.15) is 75.3 Å². The van der Waals surface area contributed by atoms with Crippen molar-refractivity contribution >= 4 is 60.6 Å². The number of rotatable bonds is 12. The molecule has 0 heterocycles. The molecule has 57 heavy (non-hydrogen) atoms. The van der Waals surface area contributed by atoms with Gasteiger partial charge in [0.25, 0.3) is 0 Å². The van der Waals surface area contributed by atoms with Crippen LogP contribution in [0.25, 0.3) is 0 Å². The summed E-state index contributed by atoms with van der Waals surface area (Å²) < 4.78 is 0. The maximum absolute atomic E-state index is 2.57. The Labute approximate surface area is 344 Å². The molecule has 4 heteroatoms. The normalized spacial score (nSPS) is 17.1. The number of hydrogen-bond acceptors (Lipinski definition) is 2. The van der Waals surface area contributed by atoms with Crippen molar-refractivity contribution in [3.05, 3.63) is 169 Å². The molecule has 0 radical (unpaired) electrons. The zero-order valence-electron chi connectivity index (χ0n) is 34.6. The lowest BCUT2D eigenvalue weighted by atomic mass is 9.65. The molecule has 0 saturated heterocycles. The van der Waals surface area contributed by atoms with E-state index >= 15 is 0 Å². The van der Waals surface area contributed by atoms with E-state index in [0.29, 0.717) is 0 Å². The lowest BCUT2D eigenvalue weighted by Crippen LogP contribution is -2.48. The first-order chi connectivity index (χ1) is 27.7. The monoisotopic (exact) mass is 780 g/mol. The number of anilines is 6. The van der Waals surface area contributed by atoms with Crippen molar-refractivity contribution in [3.8, 4) is 0 Å². The van der Waals surface area contributed by atoms with E-state index in [1.54, 1.807) is 10.4 Å². The highest BCUT2D eigenvalue weighted by Crippen LogP contribution is 2.48. The average Bonchev–Trinajstić information content (AvgIpc) is 4.10. The summed E-state index contributed by atoms with van der Waals surface area (Å²) in [5.41, 5.74) is 12.0. The molecule has 3 saturated carbocycles. The van der Waals surface area contributed by atoms with E-state index in [-0.39, 0.29) is 5.41 Å². The van der Waals surface area contributed by atoms with Gasteiger partial charge in [0.05, 0.1) is 16.1 Å². The molecule has 0 aliphatic heterocycles. The van der Waals surface area contributed by atoms with Crippen LogP contribution in [0, 0.1) is 0 Å². The second-order valence-electron chi connectivity index (χ2n) is 18.5. The molecule has 9 rings (SSSR count). The quantitative estimate of drug-likeness (QED) is 0.114. The summed E-state index contributed by atoms with van der Waals surface area (Å²) >= 11 is 0. The Kier molecular flexibility index (Phi) is 10.4. The summed E-state index contributed by atoms with van der Waals surface area (Å²) in [5.74, 6) is 0. The largest absolute Gasteiger partial charge is 0.311 e. The predicted molar refractivity (Wildman–Crippen MR) is 251 cm³/mol. The Morgan fingerprint density at radius 3 is 1.04 bits per heavy atom. The molecule has 6 aromatic carbocycles. The summed E-state index contributed by atoms with van der Waals surface area (Å²) in [5, 5.41) is 3.17. The van der Waals surface area contributed by atoms with Gasteiger partial charge in [0, 0.05) is 39.5 Å². The zero-order valence-corrected chi connectivity index (χ0v) is 36.6. The minimum Gasteiger partial charge on any atom is -0.311 e. The molecular weight excluding hydrogens is 721 g/mol. The van der Waals surface area contributed by atoms with Gasteiger partial charge in [-0.15, -0.1) is 0 Å². The van der Waals surface area contributed by atoms with Gasteiger partial charge in [-0.25, -0.2) is 0 Å². The molecule has 290 valence electrons. The van der Waals surface area contributed by atoms with E-state index in [1.165, 1.54) is 109 Å². The van der Waals surface area contributed by atoms with Crippen LogP contribution >= 0.6 is 0 Å². The maximum atomic E-state index is 2.57. The third kappa shape index (κ3) is 7.36. The molecule has 3 aliphatic rings. The number of benzene rings is 6. The van der Waals surface area contributed by atoms with Gasteiger partial charge in [0.15, 0.2) is 0 Å². The number of hydrogen-bond donors (Lipinski definition) is 0. The van der Waals surface area contributed by atoms with Gasteiger partial charge in [-0.3, -0.25) is 0 Å². The summed E-state index contributed by atoms with van der Waals surface area (Å²) in [7, 11) is -2.86. The second kappa shape index (κ2) is 15.6. The van der Waals surface area contributed by atoms with Gasteiger partial charge in [0.2, 0.25) is 0 Å². The molecule has 0 atom stereocenters. The van der Waals surface area contributed by atoms with E-state index in [2.05, 4.69) is 194 Å². The molecule has 0 aromatic heterocycles. The molecule has 0 unspecified atom stereocenters. The summed E-state index contributed by atoms with van der Waals surface area (Å²) in [6.07, 6.45) is 13.3. The fourth-order valence-corrected chi connectivity index (χ4v) is 16.7. The van der Waals surface area contributed by atoms with E-state index < -0.39 is 16.1 Å². The van der Waals surface area contributed by atoms with Crippen molar-refractivity contribution in [1.29, 1.82) is 0 Å². The van der Waals surface area contributed by atoms with Crippen molar-refractivity contribution in [3.63, 3.8) is 0 Å². The first-order valence-electron chi connectivity index (χ1n) is 21.9. The Morgan fingerprint density at radius 1 is 0.368 bits per heavy atom. The highest BCUT2D eigenvalue weighted by Gasteiger charge is 2.41. The third-order valence-corrected chi connectivity index (χ3v) is 23.4. The standard InChI is InChI=1S/C53H60N2Si2/c1-56(2,49-19-14-20-49)50-33-29-47(30-34-50)54(43-15-8-5-9-16-43)45-25-21-41(22-26-45)53(39-12-7-13-40-53)42-23-27-46(28-24-42)55(44-17-10-6-11-18-44)48-31-35-51(36-32-48)57(3,4)52-37-38-52/h5-6,8-11,15-18,21-36,49,52H,7,12-14,19-20,37-40H2,1-4H3. The van der Waals surface area contributed by atoms with Crippen molar-refractivity contribution < 1.29 is 0 Å². The van der Waals surface area contributed by atoms with Crippen LogP contribution in [0.2, 0.25) is 37.3 Å². The molecule has 0 N–H and O–H groups in total. The van der Waals surface area contributed by atoms with Crippen LogP contribution in [0.3, 0.4) is 0 Å². The molecular formula is C53H60N2Si2. The van der Waals surface area contributed by atoms with Crippen LogP contribution in [-0.2, 0) is 5.41 Å². The highest BCUT2D eigenvalue weighted by molar-refractivity contribution is 6.91. The molecule has 0 spiro atoms. The predicted octanol–water partition coefficient (Wildman–Crippen LogP) is 14.4. The molecule has 3 aliphatic carbocycles. The Hall–Kier alpha value is -4.65. The minimum atomic E-state index is -1.45. The lowest BCUT2D eigenvalue weighted by Gasteiger charge is -2.39. The average molecular weight is 781 g/mol. The van der Waals surface area contributed by atoms with E-state index in [0.717, 1.165) is 11.1 Å². The van der Waals surface area contributed by atoms with Crippen LogP contribution in [-0.4, -0.2) is 16.1 Å². The van der Waals surface area contributed by atoms with E-state index in [1.807, 2.05) is 0 Å². The van der Waals surface area contributed by atoms with Crippen LogP contribution in [0.15, 0.2) is 158 Å². The van der Waals surface area contributed by atoms with Gasteiger partial charge >= 0.3 is 0 Å². The minimum absolute atomic E-state index is 0.00448. The van der Waals surface area contributed by atoms with Crippen LogP contribution in [0.4, 0.5) is 34.1 Å². The van der Waals surface area contributed by atoms with Gasteiger partial charge in [-0.1, -0.05) is 173 Å². The zero-order chi connectivity index (χ0) is 39.0. The number of nitrogens with zero attached hydrogens (tertiary/aromatic N) is 2. The summed E-state index contributed by atoms with van der Waals surface area (Å²) in [4.78, 5) is 4.87.